The molecule has 2 rings (SSSR count). The molecule has 2 fully saturated rings. The Labute approximate surface area is 114 Å². The van der Waals surface area contributed by atoms with Crippen LogP contribution in [0.2, 0.25) is 0 Å². The van der Waals surface area contributed by atoms with Gasteiger partial charge in [-0.3, -0.25) is 4.90 Å². The second-order valence-electron chi connectivity index (χ2n) is 8.04. The molecule has 2 heteroatoms. The summed E-state index contributed by atoms with van der Waals surface area (Å²) >= 11 is 0. The van der Waals surface area contributed by atoms with Crippen molar-refractivity contribution in [1.82, 2.24) is 10.2 Å². The molecule has 0 amide bonds. The van der Waals surface area contributed by atoms with Gasteiger partial charge in [0, 0.05) is 18.1 Å². The van der Waals surface area contributed by atoms with Crippen molar-refractivity contribution >= 4 is 0 Å². The zero-order valence-electron chi connectivity index (χ0n) is 13.1. The summed E-state index contributed by atoms with van der Waals surface area (Å²) in [7, 11) is 0. The lowest BCUT2D eigenvalue weighted by molar-refractivity contribution is 0.143. The van der Waals surface area contributed by atoms with E-state index in [-0.39, 0.29) is 0 Å². The minimum atomic E-state index is 0.378. The van der Waals surface area contributed by atoms with Gasteiger partial charge in [0.2, 0.25) is 0 Å². The van der Waals surface area contributed by atoms with Gasteiger partial charge < -0.3 is 5.32 Å². The molecule has 0 aromatic carbocycles. The predicted octanol–water partition coefficient (Wildman–Crippen LogP) is 3.28. The Morgan fingerprint density at radius 2 is 1.89 bits per heavy atom. The Hall–Kier alpha value is -0.0800. The van der Waals surface area contributed by atoms with Crippen LogP contribution >= 0.6 is 0 Å². The molecule has 0 spiro atoms. The Morgan fingerprint density at radius 1 is 1.22 bits per heavy atom. The van der Waals surface area contributed by atoms with Crippen molar-refractivity contribution in [3.8, 4) is 0 Å². The summed E-state index contributed by atoms with van der Waals surface area (Å²) in [6, 6.07) is 0.737. The van der Waals surface area contributed by atoms with Crippen LogP contribution < -0.4 is 5.32 Å². The topological polar surface area (TPSA) is 15.3 Å². The Bertz CT molecular complexity index is 277. The lowest BCUT2D eigenvalue weighted by atomic mass is 9.90. The van der Waals surface area contributed by atoms with E-state index in [0.717, 1.165) is 12.0 Å². The molecule has 18 heavy (non-hydrogen) atoms. The van der Waals surface area contributed by atoms with Gasteiger partial charge in [-0.1, -0.05) is 20.8 Å². The Morgan fingerprint density at radius 3 is 2.44 bits per heavy atom. The van der Waals surface area contributed by atoms with Crippen LogP contribution in [-0.4, -0.2) is 36.1 Å². The first-order valence-electron chi connectivity index (χ1n) is 7.79. The van der Waals surface area contributed by atoms with Crippen LogP contribution in [0.1, 0.15) is 60.3 Å². The average molecular weight is 252 g/mol. The van der Waals surface area contributed by atoms with Crippen molar-refractivity contribution in [2.24, 2.45) is 11.3 Å². The number of rotatable bonds is 3. The largest absolute Gasteiger partial charge is 0.310 e. The summed E-state index contributed by atoms with van der Waals surface area (Å²) in [6.45, 7) is 15.6. The molecule has 1 N–H and O–H groups in total. The summed E-state index contributed by atoms with van der Waals surface area (Å²) in [6.07, 6.45) is 5.47. The number of hydrogen-bond acceptors (Lipinski definition) is 2. The molecule has 1 saturated carbocycles. The maximum atomic E-state index is 3.84. The molecule has 1 heterocycles. The van der Waals surface area contributed by atoms with E-state index in [1.54, 1.807) is 0 Å². The smallest absolute Gasteiger partial charge is 0.0308 e. The number of nitrogens with one attached hydrogen (secondary N) is 1. The first-order chi connectivity index (χ1) is 8.30. The van der Waals surface area contributed by atoms with Crippen molar-refractivity contribution in [3.63, 3.8) is 0 Å². The lowest BCUT2D eigenvalue weighted by Gasteiger charge is -2.37. The third-order valence-electron chi connectivity index (χ3n) is 4.87. The Balaban J connectivity index is 1.97. The molecular formula is C16H32N2. The molecular weight excluding hydrogens is 220 g/mol. The van der Waals surface area contributed by atoms with Crippen LogP contribution in [0.15, 0.2) is 0 Å². The van der Waals surface area contributed by atoms with Crippen molar-refractivity contribution in [3.05, 3.63) is 0 Å². The number of hydrogen-bond donors (Lipinski definition) is 1. The molecule has 1 aliphatic carbocycles. The molecule has 2 atom stereocenters. The molecule has 106 valence electrons. The van der Waals surface area contributed by atoms with Crippen molar-refractivity contribution in [2.75, 3.05) is 19.6 Å². The van der Waals surface area contributed by atoms with Gasteiger partial charge in [-0.05, 0) is 64.0 Å². The van der Waals surface area contributed by atoms with Gasteiger partial charge in [0.25, 0.3) is 0 Å². The number of nitrogens with zero attached hydrogens (tertiary/aromatic N) is 1. The maximum Gasteiger partial charge on any atom is 0.0308 e. The lowest BCUT2D eigenvalue weighted by Crippen LogP contribution is -2.52. The molecule has 1 saturated heterocycles. The van der Waals surface area contributed by atoms with Crippen LogP contribution in [-0.2, 0) is 0 Å². The van der Waals surface area contributed by atoms with Gasteiger partial charge in [-0.2, -0.15) is 0 Å². The van der Waals surface area contributed by atoms with Crippen molar-refractivity contribution < 1.29 is 0 Å². The average Bonchev–Trinajstić information content (AvgIpc) is 3.05. The molecule has 0 aromatic rings. The van der Waals surface area contributed by atoms with E-state index in [4.69, 9.17) is 0 Å². The maximum absolute atomic E-state index is 3.84. The van der Waals surface area contributed by atoms with E-state index in [1.807, 2.05) is 0 Å². The van der Waals surface area contributed by atoms with E-state index < -0.39 is 0 Å². The summed E-state index contributed by atoms with van der Waals surface area (Å²) < 4.78 is 0. The molecule has 0 bridgehead atoms. The second kappa shape index (κ2) is 5.13. The second-order valence-corrected chi connectivity index (χ2v) is 8.04. The zero-order valence-corrected chi connectivity index (χ0v) is 13.1. The van der Waals surface area contributed by atoms with Gasteiger partial charge in [0.15, 0.2) is 0 Å². The van der Waals surface area contributed by atoms with E-state index in [9.17, 15) is 0 Å². The highest BCUT2D eigenvalue weighted by atomic mass is 15.2. The van der Waals surface area contributed by atoms with Crippen molar-refractivity contribution in [1.29, 1.82) is 0 Å². The molecule has 2 unspecified atom stereocenters. The quantitative estimate of drug-likeness (QED) is 0.829. The van der Waals surface area contributed by atoms with E-state index >= 15 is 0 Å². The van der Waals surface area contributed by atoms with Gasteiger partial charge in [0.1, 0.15) is 0 Å². The third kappa shape index (κ3) is 3.71. The summed E-state index contributed by atoms with van der Waals surface area (Å²) in [5, 5.41) is 3.84. The molecule has 1 aliphatic heterocycles. The van der Waals surface area contributed by atoms with E-state index in [0.29, 0.717) is 11.0 Å². The first kappa shape index (κ1) is 14.3. The van der Waals surface area contributed by atoms with Crippen LogP contribution in [0.5, 0.6) is 0 Å². The van der Waals surface area contributed by atoms with Crippen LogP contribution in [0, 0.1) is 11.3 Å². The predicted molar refractivity (Wildman–Crippen MR) is 78.9 cm³/mol. The van der Waals surface area contributed by atoms with Crippen LogP contribution in [0.4, 0.5) is 0 Å². The van der Waals surface area contributed by atoms with E-state index in [2.05, 4.69) is 44.8 Å². The zero-order chi connectivity index (χ0) is 13.4. The van der Waals surface area contributed by atoms with Gasteiger partial charge in [-0.25, -0.2) is 0 Å². The highest BCUT2D eigenvalue weighted by Crippen LogP contribution is 2.41. The SMILES string of the molecule is CC1CCNC(C)(C2CC2)CN1CCC(C)(C)C. The highest BCUT2D eigenvalue weighted by molar-refractivity contribution is 5.02. The molecule has 2 aliphatic rings. The molecule has 0 aromatic heterocycles. The third-order valence-corrected chi connectivity index (χ3v) is 4.87. The Kier molecular flexibility index (Phi) is 4.08. The fraction of sp³-hybridized carbons (Fsp3) is 1.00. The van der Waals surface area contributed by atoms with Gasteiger partial charge >= 0.3 is 0 Å². The summed E-state index contributed by atoms with van der Waals surface area (Å²) in [4.78, 5) is 2.74. The monoisotopic (exact) mass is 252 g/mol. The van der Waals surface area contributed by atoms with Crippen LogP contribution in [0.25, 0.3) is 0 Å². The molecule has 0 radical (unpaired) electrons. The van der Waals surface area contributed by atoms with Crippen LogP contribution in [0.3, 0.4) is 0 Å². The highest BCUT2D eigenvalue weighted by Gasteiger charge is 2.43. The van der Waals surface area contributed by atoms with Crippen molar-refractivity contribution in [2.45, 2.75) is 71.9 Å². The summed E-state index contributed by atoms with van der Waals surface area (Å²) in [5.41, 5.74) is 0.831. The van der Waals surface area contributed by atoms with Gasteiger partial charge in [-0.15, -0.1) is 0 Å². The molecule has 2 nitrogen and oxygen atoms in total. The summed E-state index contributed by atoms with van der Waals surface area (Å²) in [5.74, 6) is 0.930. The van der Waals surface area contributed by atoms with Gasteiger partial charge in [0.05, 0.1) is 0 Å². The standard InChI is InChI=1S/C16H32N2/c1-13-8-10-17-16(5,14-6-7-14)12-18(13)11-9-15(2,3)4/h13-14,17H,6-12H2,1-5H3. The normalized spacial score (nSPS) is 35.5. The first-order valence-corrected chi connectivity index (χ1v) is 7.79. The fourth-order valence-electron chi connectivity index (χ4n) is 3.16. The minimum Gasteiger partial charge on any atom is -0.310 e. The minimum absolute atomic E-state index is 0.378. The fourth-order valence-corrected chi connectivity index (χ4v) is 3.16. The van der Waals surface area contributed by atoms with E-state index in [1.165, 1.54) is 45.3 Å².